The minimum absolute atomic E-state index is 0. The molecule has 0 amide bonds. The third kappa shape index (κ3) is 16.0. The van der Waals surface area contributed by atoms with Crippen LogP contribution < -0.4 is 5.32 Å². The number of carbonyl (C=O) groups is 3. The fraction of sp³-hybridized carbons (Fsp3) is 0.512. The molecule has 2 fully saturated rings. The molecule has 0 unspecified atom stereocenters. The smallest absolute Gasteiger partial charge is 0.338 e. The highest BCUT2D eigenvalue weighted by molar-refractivity contribution is 5.89. The molecule has 0 aliphatic carbocycles. The summed E-state index contributed by atoms with van der Waals surface area (Å²) in [6.07, 6.45) is 10.6. The van der Waals surface area contributed by atoms with Crippen molar-refractivity contribution < 1.29 is 23.9 Å². The summed E-state index contributed by atoms with van der Waals surface area (Å²) in [5.74, 6) is -0.108. The highest BCUT2D eigenvalue weighted by Gasteiger charge is 2.18. The van der Waals surface area contributed by atoms with Crippen LogP contribution in [0, 0.1) is 0 Å². The molecule has 0 saturated carbocycles. The average Bonchev–Trinajstić information content (AvgIpc) is 3.16. The van der Waals surface area contributed by atoms with Gasteiger partial charge in [0.25, 0.3) is 0 Å². The van der Waals surface area contributed by atoms with Crippen LogP contribution in [0.15, 0.2) is 78.9 Å². The number of piperidine rings is 2. The molecule has 0 bridgehead atoms. The van der Waals surface area contributed by atoms with Crippen molar-refractivity contribution in [3.8, 4) is 0 Å². The molecule has 0 aromatic heterocycles. The summed E-state index contributed by atoms with van der Waals surface area (Å²) in [6, 6.07) is 26.9. The standard InChI is InChI=1S/C26H36N2O2.C17H23NO3.ClH/c1-2-30-26(29)24-14-12-23(13-15-24)11-7-19-28-20-16-25(17-21-28)27-18-6-10-22-8-4-3-5-9-22;1-2-21-17(20)15-7-5-14(6-8-15)4-3-11-18-12-9-16(19)10-13-18;/h3-5,8-9,12-15,25,27H,2,6-7,10-11,16-21H2,1H3;5-8H,2-4,9-13H2,1H3;1H. The number of ketones is 1. The number of nitrogens with zero attached hydrogens (tertiary/aromatic N) is 2. The van der Waals surface area contributed by atoms with E-state index in [0.29, 0.717) is 49.0 Å². The highest BCUT2D eigenvalue weighted by atomic mass is 35.5. The molecule has 8 nitrogen and oxygen atoms in total. The van der Waals surface area contributed by atoms with Crippen molar-refractivity contribution in [3.05, 3.63) is 107 Å². The summed E-state index contributed by atoms with van der Waals surface area (Å²) >= 11 is 0. The van der Waals surface area contributed by atoms with Gasteiger partial charge < -0.3 is 24.6 Å². The zero-order valence-electron chi connectivity index (χ0n) is 31.4. The Morgan fingerprint density at radius 3 is 1.56 bits per heavy atom. The van der Waals surface area contributed by atoms with Crippen molar-refractivity contribution in [1.29, 1.82) is 0 Å². The van der Waals surface area contributed by atoms with E-state index in [-0.39, 0.29) is 24.3 Å². The molecule has 52 heavy (non-hydrogen) atoms. The van der Waals surface area contributed by atoms with Gasteiger partial charge in [-0.05, 0) is 139 Å². The molecule has 1 N–H and O–H groups in total. The Morgan fingerprint density at radius 1 is 0.635 bits per heavy atom. The number of halogens is 1. The first kappa shape index (κ1) is 42.8. The SMILES string of the molecule is CCOC(=O)c1ccc(CCCN2CCC(=O)CC2)cc1.CCOC(=O)c1ccc(CCCN2CCC(NCCCc3ccccc3)CC2)cc1.Cl. The van der Waals surface area contributed by atoms with Gasteiger partial charge in [-0.15, -0.1) is 12.4 Å². The molecule has 284 valence electrons. The number of hydrogen-bond donors (Lipinski definition) is 1. The lowest BCUT2D eigenvalue weighted by Crippen LogP contribution is -2.43. The van der Waals surface area contributed by atoms with Crippen LogP contribution in [-0.4, -0.2) is 92.6 Å². The van der Waals surface area contributed by atoms with Crippen LogP contribution in [0.25, 0.3) is 0 Å². The molecule has 3 aromatic carbocycles. The molecule has 2 saturated heterocycles. The maximum absolute atomic E-state index is 11.7. The van der Waals surface area contributed by atoms with Crippen LogP contribution in [0.3, 0.4) is 0 Å². The Bertz CT molecular complexity index is 1430. The Labute approximate surface area is 318 Å². The summed E-state index contributed by atoms with van der Waals surface area (Å²) in [4.78, 5) is 39.4. The summed E-state index contributed by atoms with van der Waals surface area (Å²) in [6.45, 7) is 11.9. The lowest BCUT2D eigenvalue weighted by atomic mass is 10.0. The van der Waals surface area contributed by atoms with Crippen molar-refractivity contribution >= 4 is 30.1 Å². The zero-order valence-corrected chi connectivity index (χ0v) is 32.2. The van der Waals surface area contributed by atoms with Crippen LogP contribution in [0.5, 0.6) is 0 Å². The minimum atomic E-state index is -0.262. The number of esters is 2. The van der Waals surface area contributed by atoms with Crippen LogP contribution in [0.2, 0.25) is 0 Å². The van der Waals surface area contributed by atoms with E-state index in [0.717, 1.165) is 64.8 Å². The maximum atomic E-state index is 11.7. The molecule has 2 aliphatic heterocycles. The number of ether oxygens (including phenoxy) is 2. The Balaban J connectivity index is 0.000000292. The highest BCUT2D eigenvalue weighted by Crippen LogP contribution is 2.14. The van der Waals surface area contributed by atoms with E-state index >= 15 is 0 Å². The Hall–Kier alpha value is -3.56. The number of hydrogen-bond acceptors (Lipinski definition) is 8. The summed E-state index contributed by atoms with van der Waals surface area (Å²) in [5.41, 5.74) is 5.20. The van der Waals surface area contributed by atoms with Gasteiger partial charge in [0.1, 0.15) is 5.78 Å². The van der Waals surface area contributed by atoms with Crippen molar-refractivity contribution in [2.45, 2.75) is 84.1 Å². The lowest BCUT2D eigenvalue weighted by molar-refractivity contribution is -0.121. The van der Waals surface area contributed by atoms with Gasteiger partial charge in [-0.3, -0.25) is 4.79 Å². The van der Waals surface area contributed by atoms with E-state index in [4.69, 9.17) is 9.47 Å². The first-order valence-corrected chi connectivity index (χ1v) is 19.2. The van der Waals surface area contributed by atoms with Crippen molar-refractivity contribution in [2.75, 3.05) is 59.0 Å². The average molecular weight is 734 g/mol. The van der Waals surface area contributed by atoms with Crippen molar-refractivity contribution in [1.82, 2.24) is 15.1 Å². The van der Waals surface area contributed by atoms with Crippen molar-refractivity contribution in [2.24, 2.45) is 0 Å². The Kier molecular flexibility index (Phi) is 20.3. The largest absolute Gasteiger partial charge is 0.462 e. The summed E-state index contributed by atoms with van der Waals surface area (Å²) < 4.78 is 10.0. The van der Waals surface area contributed by atoms with E-state index < -0.39 is 0 Å². The molecule has 3 aromatic rings. The van der Waals surface area contributed by atoms with E-state index in [1.54, 1.807) is 6.92 Å². The van der Waals surface area contributed by atoms with Crippen LogP contribution in [-0.2, 0) is 33.5 Å². The predicted octanol–water partition coefficient (Wildman–Crippen LogP) is 7.37. The molecule has 2 aliphatic rings. The van der Waals surface area contributed by atoms with Crippen LogP contribution in [0.1, 0.15) is 96.2 Å². The lowest BCUT2D eigenvalue weighted by Gasteiger charge is -2.32. The van der Waals surface area contributed by atoms with Gasteiger partial charge in [0.15, 0.2) is 0 Å². The third-order valence-corrected chi connectivity index (χ3v) is 9.73. The summed E-state index contributed by atoms with van der Waals surface area (Å²) in [5, 5.41) is 3.75. The second-order valence-corrected chi connectivity index (χ2v) is 13.6. The number of Topliss-reactive ketones (excluding diaryl/α,β-unsaturated/α-hetero) is 1. The molecule has 0 atom stereocenters. The zero-order chi connectivity index (χ0) is 36.1. The van der Waals surface area contributed by atoms with E-state index in [1.165, 1.54) is 49.0 Å². The van der Waals surface area contributed by atoms with Gasteiger partial charge in [0, 0.05) is 32.0 Å². The fourth-order valence-corrected chi connectivity index (χ4v) is 6.69. The topological polar surface area (TPSA) is 88.2 Å². The number of carbonyl (C=O) groups excluding carboxylic acids is 3. The summed E-state index contributed by atoms with van der Waals surface area (Å²) in [7, 11) is 0. The van der Waals surface area contributed by atoms with Crippen LogP contribution in [0.4, 0.5) is 0 Å². The second-order valence-electron chi connectivity index (χ2n) is 13.6. The molecule has 5 rings (SSSR count). The molecular formula is C43H60ClN3O5. The van der Waals surface area contributed by atoms with Gasteiger partial charge in [-0.1, -0.05) is 54.6 Å². The third-order valence-electron chi connectivity index (χ3n) is 9.73. The van der Waals surface area contributed by atoms with Gasteiger partial charge in [0.05, 0.1) is 24.3 Å². The van der Waals surface area contributed by atoms with Crippen LogP contribution >= 0.6 is 12.4 Å². The maximum Gasteiger partial charge on any atom is 0.338 e. The van der Waals surface area contributed by atoms with Gasteiger partial charge in [-0.2, -0.15) is 0 Å². The molecular weight excluding hydrogens is 674 g/mol. The van der Waals surface area contributed by atoms with E-state index in [9.17, 15) is 14.4 Å². The fourth-order valence-electron chi connectivity index (χ4n) is 6.69. The molecule has 9 heteroatoms. The minimum Gasteiger partial charge on any atom is -0.462 e. The first-order chi connectivity index (χ1) is 24.9. The van der Waals surface area contributed by atoms with E-state index in [1.807, 2.05) is 43.3 Å². The van der Waals surface area contributed by atoms with Gasteiger partial charge in [0.2, 0.25) is 0 Å². The number of nitrogens with one attached hydrogen (secondary N) is 1. The van der Waals surface area contributed by atoms with Gasteiger partial charge >= 0.3 is 11.9 Å². The first-order valence-electron chi connectivity index (χ1n) is 19.2. The molecule has 0 spiro atoms. The predicted molar refractivity (Wildman–Crippen MR) is 212 cm³/mol. The molecule has 2 heterocycles. The normalized spacial score (nSPS) is 15.2. The number of aryl methyl sites for hydroxylation is 3. The quantitative estimate of drug-likeness (QED) is 0.114. The monoisotopic (exact) mass is 733 g/mol. The number of benzene rings is 3. The Morgan fingerprint density at radius 2 is 1.08 bits per heavy atom. The van der Waals surface area contributed by atoms with Gasteiger partial charge in [-0.25, -0.2) is 9.59 Å². The van der Waals surface area contributed by atoms with E-state index in [2.05, 4.69) is 57.6 Å². The second kappa shape index (κ2) is 24.6. The molecule has 0 radical (unpaired) electrons. The number of rotatable bonds is 17. The van der Waals surface area contributed by atoms with Crippen molar-refractivity contribution in [3.63, 3.8) is 0 Å². The number of likely N-dealkylation sites (tertiary alicyclic amines) is 2.